The summed E-state index contributed by atoms with van der Waals surface area (Å²) in [5.74, 6) is -3.47. The molecule has 2 aromatic rings. The molecule has 2 heterocycles. The Morgan fingerprint density at radius 1 is 1.22 bits per heavy atom. The van der Waals surface area contributed by atoms with Crippen LogP contribution in [0.1, 0.15) is 45.6 Å². The molecule has 1 saturated heterocycles. The van der Waals surface area contributed by atoms with E-state index in [1.165, 1.54) is 6.92 Å². The van der Waals surface area contributed by atoms with Gasteiger partial charge in [0.05, 0.1) is 16.9 Å². The number of aldehydes is 1. The Hall–Kier alpha value is -2.85. The summed E-state index contributed by atoms with van der Waals surface area (Å²) in [5, 5.41) is 31.8. The van der Waals surface area contributed by atoms with Gasteiger partial charge in [-0.25, -0.2) is 4.63 Å². The Bertz CT molecular complexity index is 1010. The van der Waals surface area contributed by atoms with Gasteiger partial charge in [0.2, 0.25) is 0 Å². The molecule has 32 heavy (non-hydrogen) atoms. The van der Waals surface area contributed by atoms with Gasteiger partial charge < -0.3 is 25.2 Å². The summed E-state index contributed by atoms with van der Waals surface area (Å²) >= 11 is 0. The van der Waals surface area contributed by atoms with Crippen molar-refractivity contribution in [3.63, 3.8) is 0 Å². The van der Waals surface area contributed by atoms with Crippen molar-refractivity contribution in [2.75, 3.05) is 19.6 Å². The van der Waals surface area contributed by atoms with E-state index in [2.05, 4.69) is 20.5 Å². The fraction of sp³-hybridized carbons (Fsp3) is 0.591. The first kappa shape index (κ1) is 23.8. The van der Waals surface area contributed by atoms with E-state index in [-0.39, 0.29) is 6.42 Å². The Balaban J connectivity index is 2.34. The molecule has 0 amide bonds. The molecule has 5 unspecified atom stereocenters. The summed E-state index contributed by atoms with van der Waals surface area (Å²) in [6.45, 7) is 8.91. The molecule has 1 aromatic heterocycles. The third-order valence-electron chi connectivity index (χ3n) is 7.36. The van der Waals surface area contributed by atoms with E-state index in [4.69, 9.17) is 4.63 Å². The molecule has 0 radical (unpaired) electrons. The lowest BCUT2D eigenvalue weighted by Gasteiger charge is -2.55. The molecule has 1 aliphatic rings. The van der Waals surface area contributed by atoms with Crippen LogP contribution in [0.2, 0.25) is 0 Å². The zero-order valence-corrected chi connectivity index (χ0v) is 18.7. The van der Waals surface area contributed by atoms with Crippen molar-refractivity contribution in [3.8, 4) is 0 Å². The molecule has 10 heteroatoms. The number of carboxylic acid groups (broad SMARTS) is 2. The van der Waals surface area contributed by atoms with E-state index in [0.29, 0.717) is 42.5 Å². The van der Waals surface area contributed by atoms with Gasteiger partial charge in [0.15, 0.2) is 0 Å². The molecule has 1 aromatic carbocycles. The molecule has 3 N–H and O–H groups in total. The standard InChI is InChI=1S/C22H30N4O6/c1-5-26(6-2)11-10-22(20(30)31)16(12-27)23-13(3)21(4,19(28)29)18(22)14-8-7-9-15-17(14)25-32-24-15/h7-9,12-13,16,18,23H,5-6,10-11H2,1-4H3,(H,28,29)(H,30,31). The average Bonchev–Trinajstić information content (AvgIpc) is 3.25. The SMILES string of the molecule is CCN(CC)CCC1(C(=O)O)C(C=O)NC(C)C(C)(C(=O)O)C1c1cccc2nonc12. The summed E-state index contributed by atoms with van der Waals surface area (Å²) < 4.78 is 4.88. The quantitative estimate of drug-likeness (QED) is 0.487. The van der Waals surface area contributed by atoms with Gasteiger partial charge in [0.25, 0.3) is 0 Å². The molecule has 174 valence electrons. The van der Waals surface area contributed by atoms with Crippen molar-refractivity contribution >= 4 is 29.3 Å². The van der Waals surface area contributed by atoms with E-state index < -0.39 is 40.8 Å². The summed E-state index contributed by atoms with van der Waals surface area (Å²) in [4.78, 5) is 40.1. The van der Waals surface area contributed by atoms with Crippen LogP contribution in [0.25, 0.3) is 11.0 Å². The molecular weight excluding hydrogens is 416 g/mol. The van der Waals surface area contributed by atoms with Crippen LogP contribution in [0, 0.1) is 10.8 Å². The lowest BCUT2D eigenvalue weighted by atomic mass is 9.51. The van der Waals surface area contributed by atoms with Gasteiger partial charge in [-0.2, -0.15) is 0 Å². The minimum atomic E-state index is -1.74. The van der Waals surface area contributed by atoms with Crippen molar-refractivity contribution in [1.29, 1.82) is 0 Å². The third kappa shape index (κ3) is 3.47. The highest BCUT2D eigenvalue weighted by molar-refractivity contribution is 5.89. The van der Waals surface area contributed by atoms with Gasteiger partial charge in [0, 0.05) is 12.0 Å². The van der Waals surface area contributed by atoms with Crippen molar-refractivity contribution in [3.05, 3.63) is 23.8 Å². The van der Waals surface area contributed by atoms with Crippen LogP contribution in [0.3, 0.4) is 0 Å². The topological polar surface area (TPSA) is 146 Å². The second-order valence-electron chi connectivity index (χ2n) is 8.62. The first-order valence-electron chi connectivity index (χ1n) is 10.8. The fourth-order valence-corrected chi connectivity index (χ4v) is 5.23. The van der Waals surface area contributed by atoms with Crippen molar-refractivity contribution in [2.24, 2.45) is 10.8 Å². The van der Waals surface area contributed by atoms with Gasteiger partial charge >= 0.3 is 11.9 Å². The number of carbonyl (C=O) groups excluding carboxylic acids is 1. The first-order valence-corrected chi connectivity index (χ1v) is 10.8. The van der Waals surface area contributed by atoms with Crippen LogP contribution in [0.4, 0.5) is 0 Å². The maximum absolute atomic E-state index is 13.0. The number of hydrogen-bond donors (Lipinski definition) is 3. The molecule has 3 rings (SSSR count). The normalized spacial score (nSPS) is 30.5. The van der Waals surface area contributed by atoms with E-state index in [0.717, 1.165) is 0 Å². The molecular formula is C22H30N4O6. The van der Waals surface area contributed by atoms with Crippen LogP contribution in [0.15, 0.2) is 22.8 Å². The second kappa shape index (κ2) is 8.95. The number of nitrogens with zero attached hydrogens (tertiary/aromatic N) is 3. The molecule has 5 atom stereocenters. The summed E-state index contributed by atoms with van der Waals surface area (Å²) in [7, 11) is 0. The van der Waals surface area contributed by atoms with Crippen LogP contribution in [-0.4, -0.2) is 75.4 Å². The molecule has 0 aliphatic carbocycles. The summed E-state index contributed by atoms with van der Waals surface area (Å²) in [5.41, 5.74) is -2.20. The molecule has 10 nitrogen and oxygen atoms in total. The number of hydrogen-bond acceptors (Lipinski definition) is 8. The maximum Gasteiger partial charge on any atom is 0.312 e. The van der Waals surface area contributed by atoms with Gasteiger partial charge in [-0.15, -0.1) is 0 Å². The van der Waals surface area contributed by atoms with Crippen LogP contribution in [0.5, 0.6) is 0 Å². The number of aromatic nitrogens is 2. The van der Waals surface area contributed by atoms with Crippen LogP contribution < -0.4 is 5.32 Å². The van der Waals surface area contributed by atoms with Gasteiger partial charge in [-0.05, 0) is 61.8 Å². The van der Waals surface area contributed by atoms with Gasteiger partial charge in [-0.3, -0.25) is 9.59 Å². The molecule has 0 saturated carbocycles. The Labute approximate surface area is 185 Å². The van der Waals surface area contributed by atoms with E-state index >= 15 is 0 Å². The lowest BCUT2D eigenvalue weighted by molar-refractivity contribution is -0.173. The zero-order chi connectivity index (χ0) is 23.7. The Morgan fingerprint density at radius 3 is 2.47 bits per heavy atom. The molecule has 0 spiro atoms. The Kier molecular flexibility index (Phi) is 6.66. The molecule has 0 bridgehead atoms. The minimum absolute atomic E-state index is 0.0718. The van der Waals surface area contributed by atoms with Crippen molar-refractivity contribution in [1.82, 2.24) is 20.5 Å². The monoisotopic (exact) mass is 446 g/mol. The number of piperidine rings is 1. The van der Waals surface area contributed by atoms with E-state index in [1.807, 2.05) is 13.8 Å². The number of aliphatic carboxylic acids is 2. The predicted molar refractivity (Wildman–Crippen MR) is 115 cm³/mol. The number of benzene rings is 1. The van der Waals surface area contributed by atoms with Gasteiger partial charge in [-0.1, -0.05) is 26.0 Å². The third-order valence-corrected chi connectivity index (χ3v) is 7.36. The van der Waals surface area contributed by atoms with Crippen LogP contribution >= 0.6 is 0 Å². The van der Waals surface area contributed by atoms with Crippen LogP contribution in [-0.2, 0) is 14.4 Å². The number of carboxylic acids is 2. The van der Waals surface area contributed by atoms with Crippen molar-refractivity contribution in [2.45, 2.75) is 52.1 Å². The minimum Gasteiger partial charge on any atom is -0.481 e. The first-order chi connectivity index (χ1) is 15.2. The largest absolute Gasteiger partial charge is 0.481 e. The maximum atomic E-state index is 13.0. The molecule has 1 fully saturated rings. The zero-order valence-electron chi connectivity index (χ0n) is 18.7. The number of carbonyl (C=O) groups is 3. The highest BCUT2D eigenvalue weighted by atomic mass is 16.6. The number of nitrogens with one attached hydrogen (secondary N) is 1. The lowest BCUT2D eigenvalue weighted by Crippen LogP contribution is -2.70. The average molecular weight is 447 g/mol. The second-order valence-corrected chi connectivity index (χ2v) is 8.62. The summed E-state index contributed by atoms with van der Waals surface area (Å²) in [6, 6.07) is 3.19. The molecule has 1 aliphatic heterocycles. The van der Waals surface area contributed by atoms with E-state index in [9.17, 15) is 24.6 Å². The summed E-state index contributed by atoms with van der Waals surface area (Å²) in [6.07, 6.45) is 0.658. The van der Waals surface area contributed by atoms with Gasteiger partial charge in [0.1, 0.15) is 17.3 Å². The highest BCUT2D eigenvalue weighted by Crippen LogP contribution is 2.57. The fourth-order valence-electron chi connectivity index (χ4n) is 5.23. The highest BCUT2D eigenvalue weighted by Gasteiger charge is 2.66. The van der Waals surface area contributed by atoms with Crippen molar-refractivity contribution < 1.29 is 29.2 Å². The predicted octanol–water partition coefficient (Wildman–Crippen LogP) is 1.76. The Morgan fingerprint density at radius 2 is 1.91 bits per heavy atom. The van der Waals surface area contributed by atoms with E-state index in [1.54, 1.807) is 25.1 Å². The smallest absolute Gasteiger partial charge is 0.312 e. The number of rotatable bonds is 9. The number of fused-ring (bicyclic) bond motifs is 1.